The summed E-state index contributed by atoms with van der Waals surface area (Å²) in [6.45, 7) is 1.93. The van der Waals surface area contributed by atoms with Crippen molar-refractivity contribution in [1.29, 1.82) is 0 Å². The molecule has 0 bridgehead atoms. The number of anilines is 2. The van der Waals surface area contributed by atoms with Gasteiger partial charge in [-0.05, 0) is 49.2 Å². The molecule has 3 atom stereocenters. The first-order chi connectivity index (χ1) is 14.5. The lowest BCUT2D eigenvalue weighted by Gasteiger charge is -2.09. The molecule has 2 heterocycles. The van der Waals surface area contributed by atoms with Crippen LogP contribution in [0.25, 0.3) is 10.9 Å². The first kappa shape index (κ1) is 18.6. The van der Waals surface area contributed by atoms with Crippen LogP contribution < -0.4 is 10.6 Å². The Labute approximate surface area is 176 Å². The minimum Gasteiger partial charge on any atom is -0.506 e. The van der Waals surface area contributed by atoms with E-state index >= 15 is 0 Å². The monoisotopic (exact) mass is 421 g/mol. The second-order valence-corrected chi connectivity index (χ2v) is 7.85. The number of hydrogen-bond acceptors (Lipinski definition) is 7. The Morgan fingerprint density at radius 2 is 2.03 bits per heavy atom. The number of aromatic nitrogens is 2. The van der Waals surface area contributed by atoms with Crippen LogP contribution in [-0.4, -0.2) is 33.1 Å². The van der Waals surface area contributed by atoms with Crippen molar-refractivity contribution in [3.05, 3.63) is 57.4 Å². The van der Waals surface area contributed by atoms with E-state index in [1.165, 1.54) is 18.5 Å². The second kappa shape index (κ2) is 7.13. The van der Waals surface area contributed by atoms with E-state index in [0.717, 1.165) is 13.1 Å². The van der Waals surface area contributed by atoms with Gasteiger partial charge in [0, 0.05) is 23.1 Å². The maximum absolute atomic E-state index is 11.7. The first-order valence-corrected chi connectivity index (χ1v) is 9.80. The fraction of sp³-hybridized carbons (Fsp3) is 0.238. The number of nitrogens with zero attached hydrogens (tertiary/aromatic N) is 3. The number of halogens is 1. The molecule has 1 aliphatic carbocycles. The van der Waals surface area contributed by atoms with E-state index in [2.05, 4.69) is 32.4 Å². The number of hydrogen-bond donors (Lipinski definition) is 3. The quantitative estimate of drug-likeness (QED) is 0.257. The van der Waals surface area contributed by atoms with Crippen LogP contribution >= 0.6 is 11.6 Å². The Balaban J connectivity index is 1.53. The molecule has 2 fully saturated rings. The molecular weight excluding hydrogens is 406 g/mol. The van der Waals surface area contributed by atoms with Crippen LogP contribution in [0, 0.1) is 39.7 Å². The van der Waals surface area contributed by atoms with Crippen LogP contribution in [0.2, 0.25) is 5.02 Å². The molecule has 0 spiro atoms. The summed E-state index contributed by atoms with van der Waals surface area (Å²) >= 11 is 5.96. The van der Waals surface area contributed by atoms with Gasteiger partial charge in [0.25, 0.3) is 5.69 Å². The molecule has 2 aliphatic rings. The summed E-state index contributed by atoms with van der Waals surface area (Å²) < 4.78 is 0. The molecule has 5 rings (SSSR count). The third-order valence-electron chi connectivity index (χ3n) is 5.63. The number of nitrogens with one attached hydrogen (secondary N) is 2. The van der Waals surface area contributed by atoms with Gasteiger partial charge in [-0.2, -0.15) is 0 Å². The molecule has 3 N–H and O–H groups in total. The number of phenols is 1. The third kappa shape index (κ3) is 3.28. The fourth-order valence-electron chi connectivity index (χ4n) is 3.96. The zero-order chi connectivity index (χ0) is 20.8. The molecule has 2 unspecified atom stereocenters. The van der Waals surface area contributed by atoms with Gasteiger partial charge in [-0.3, -0.25) is 10.1 Å². The van der Waals surface area contributed by atoms with Gasteiger partial charge in [0.2, 0.25) is 0 Å². The first-order valence-electron chi connectivity index (χ1n) is 9.42. The SMILES string of the molecule is O=[N+]([O-])c1cc2c(Nc3ccc(O)c(Cl)c3)ncnc2cc1C#CC1C2CNC[C@@H]12. The largest absolute Gasteiger partial charge is 0.506 e. The molecule has 2 aromatic carbocycles. The van der Waals surface area contributed by atoms with Crippen molar-refractivity contribution in [2.75, 3.05) is 18.4 Å². The van der Waals surface area contributed by atoms with E-state index in [4.69, 9.17) is 11.6 Å². The number of nitro groups is 1. The summed E-state index contributed by atoms with van der Waals surface area (Å²) in [4.78, 5) is 19.7. The Morgan fingerprint density at radius 1 is 1.23 bits per heavy atom. The summed E-state index contributed by atoms with van der Waals surface area (Å²) in [5.41, 5.74) is 1.39. The number of benzene rings is 2. The molecule has 0 amide bonds. The average molecular weight is 422 g/mol. The molecule has 9 heteroatoms. The second-order valence-electron chi connectivity index (χ2n) is 7.44. The highest BCUT2D eigenvalue weighted by Crippen LogP contribution is 2.48. The van der Waals surface area contributed by atoms with Gasteiger partial charge < -0.3 is 15.7 Å². The fourth-order valence-corrected chi connectivity index (χ4v) is 4.14. The minimum atomic E-state index is -0.438. The third-order valence-corrected chi connectivity index (χ3v) is 5.93. The van der Waals surface area contributed by atoms with Crippen molar-refractivity contribution >= 4 is 39.7 Å². The summed E-state index contributed by atoms with van der Waals surface area (Å²) in [5.74, 6) is 8.01. The lowest BCUT2D eigenvalue weighted by atomic mass is 10.1. The van der Waals surface area contributed by atoms with Crippen molar-refractivity contribution in [3.8, 4) is 17.6 Å². The Kier molecular flexibility index (Phi) is 4.42. The van der Waals surface area contributed by atoms with E-state index in [0.29, 0.717) is 45.7 Å². The van der Waals surface area contributed by atoms with E-state index < -0.39 is 4.92 Å². The van der Waals surface area contributed by atoms with Crippen LogP contribution in [0.5, 0.6) is 5.75 Å². The van der Waals surface area contributed by atoms with Gasteiger partial charge in [0.05, 0.1) is 15.5 Å². The maximum Gasteiger partial charge on any atom is 0.285 e. The number of nitro benzene ring substituents is 1. The van der Waals surface area contributed by atoms with Crippen LogP contribution in [0.1, 0.15) is 5.56 Å². The van der Waals surface area contributed by atoms with Gasteiger partial charge in [0.15, 0.2) is 0 Å². The van der Waals surface area contributed by atoms with E-state index in [-0.39, 0.29) is 16.5 Å². The highest BCUT2D eigenvalue weighted by molar-refractivity contribution is 6.32. The van der Waals surface area contributed by atoms with Crippen molar-refractivity contribution < 1.29 is 10.0 Å². The Hall–Kier alpha value is -3.41. The van der Waals surface area contributed by atoms with Crippen LogP contribution in [0.3, 0.4) is 0 Å². The summed E-state index contributed by atoms with van der Waals surface area (Å²) in [6.07, 6.45) is 1.38. The number of piperidine rings is 1. The van der Waals surface area contributed by atoms with Crippen molar-refractivity contribution in [2.45, 2.75) is 0 Å². The lowest BCUT2D eigenvalue weighted by Crippen LogP contribution is -2.13. The molecule has 150 valence electrons. The van der Waals surface area contributed by atoms with Gasteiger partial charge in [0.1, 0.15) is 23.5 Å². The van der Waals surface area contributed by atoms with Crippen LogP contribution in [0.15, 0.2) is 36.7 Å². The van der Waals surface area contributed by atoms with Crippen LogP contribution in [0.4, 0.5) is 17.2 Å². The molecule has 1 saturated carbocycles. The van der Waals surface area contributed by atoms with E-state index in [1.807, 2.05) is 0 Å². The zero-order valence-electron chi connectivity index (χ0n) is 15.6. The highest BCUT2D eigenvalue weighted by Gasteiger charge is 2.51. The zero-order valence-corrected chi connectivity index (χ0v) is 16.3. The number of phenolic OH excluding ortho intramolecular Hbond substituents is 1. The van der Waals surface area contributed by atoms with Crippen LogP contribution in [-0.2, 0) is 0 Å². The predicted molar refractivity (Wildman–Crippen MR) is 113 cm³/mol. The smallest absolute Gasteiger partial charge is 0.285 e. The molecule has 1 aliphatic heterocycles. The number of fused-ring (bicyclic) bond motifs is 2. The lowest BCUT2D eigenvalue weighted by molar-refractivity contribution is -0.385. The molecule has 8 nitrogen and oxygen atoms in total. The summed E-state index contributed by atoms with van der Waals surface area (Å²) in [5, 5.41) is 28.3. The Morgan fingerprint density at radius 3 is 2.77 bits per heavy atom. The van der Waals surface area contributed by atoms with Crippen molar-refractivity contribution in [2.24, 2.45) is 17.8 Å². The van der Waals surface area contributed by atoms with E-state index in [9.17, 15) is 15.2 Å². The predicted octanol–water partition coefficient (Wildman–Crippen LogP) is 3.46. The summed E-state index contributed by atoms with van der Waals surface area (Å²) in [7, 11) is 0. The Bertz CT molecular complexity index is 1240. The van der Waals surface area contributed by atoms with E-state index in [1.54, 1.807) is 18.2 Å². The van der Waals surface area contributed by atoms with Crippen molar-refractivity contribution in [1.82, 2.24) is 15.3 Å². The molecule has 3 aromatic rings. The van der Waals surface area contributed by atoms with Gasteiger partial charge in [-0.15, -0.1) is 0 Å². The highest BCUT2D eigenvalue weighted by atomic mass is 35.5. The molecule has 1 saturated heterocycles. The van der Waals surface area contributed by atoms with Gasteiger partial charge >= 0.3 is 0 Å². The number of aromatic hydroxyl groups is 1. The number of rotatable bonds is 3. The summed E-state index contributed by atoms with van der Waals surface area (Å²) in [6, 6.07) is 7.70. The molecule has 0 radical (unpaired) electrons. The minimum absolute atomic E-state index is 0.0378. The van der Waals surface area contributed by atoms with Gasteiger partial charge in [-0.25, -0.2) is 9.97 Å². The normalized spacial score (nSPS) is 21.6. The molecular formula is C21H16ClN5O3. The standard InChI is InChI=1S/C21H16ClN5O3/c22-17-6-12(2-4-20(17)28)26-21-14-7-19(27(29)30)11(5-18(14)24-10-25-21)1-3-13-15-8-23-9-16(13)15/h2,4-7,10,13,15-16,23,28H,8-9H2,(H,24,25,26)/t13?,15-,16?/m0/s1. The topological polar surface area (TPSA) is 113 Å². The van der Waals surface area contributed by atoms with Gasteiger partial charge in [-0.1, -0.05) is 23.4 Å². The average Bonchev–Trinajstić information content (AvgIpc) is 3.14. The molecule has 1 aromatic heterocycles. The van der Waals surface area contributed by atoms with Crippen molar-refractivity contribution in [3.63, 3.8) is 0 Å². The maximum atomic E-state index is 11.7. The molecule has 30 heavy (non-hydrogen) atoms.